The molecule has 0 aliphatic carbocycles. The van der Waals surface area contributed by atoms with E-state index < -0.39 is 0 Å². The molecule has 2 aromatic carbocycles. The Morgan fingerprint density at radius 3 is 2.11 bits per heavy atom. The van der Waals surface area contributed by atoms with Crippen LogP contribution >= 0.6 is 11.6 Å². The lowest BCUT2D eigenvalue weighted by atomic mass is 10.2. The fourth-order valence-electron chi connectivity index (χ4n) is 1.55. The van der Waals surface area contributed by atoms with Crippen LogP contribution in [0.25, 0.3) is 0 Å². The summed E-state index contributed by atoms with van der Waals surface area (Å²) < 4.78 is 11.1. The Bertz CT molecular complexity index is 506. The molecule has 98 valence electrons. The van der Waals surface area contributed by atoms with E-state index in [1.165, 1.54) is 5.54 Å². The van der Waals surface area contributed by atoms with Gasteiger partial charge in [0.2, 0.25) is 0 Å². The van der Waals surface area contributed by atoms with Crippen LogP contribution in [0.3, 0.4) is 0 Å². The zero-order valence-corrected chi connectivity index (χ0v) is 11.2. The Morgan fingerprint density at radius 2 is 1.47 bits per heavy atom. The van der Waals surface area contributed by atoms with Gasteiger partial charge in [-0.3, -0.25) is 0 Å². The zero-order valence-electron chi connectivity index (χ0n) is 10.5. The van der Waals surface area contributed by atoms with E-state index in [9.17, 15) is 0 Å². The molecule has 0 spiro atoms. The molecule has 0 unspecified atom stereocenters. The van der Waals surface area contributed by atoms with E-state index >= 15 is 0 Å². The molecular weight excluding hydrogens is 260 g/mol. The average Bonchev–Trinajstić information content (AvgIpc) is 2.48. The van der Waals surface area contributed by atoms with E-state index in [2.05, 4.69) is 0 Å². The van der Waals surface area contributed by atoms with Crippen molar-refractivity contribution in [2.24, 2.45) is 0 Å². The fraction of sp³-hybridized carbons (Fsp3) is 0.125. The van der Waals surface area contributed by atoms with Crippen LogP contribution in [0.15, 0.2) is 66.2 Å². The number of rotatable bonds is 6. The molecule has 0 saturated carbocycles. The summed E-state index contributed by atoms with van der Waals surface area (Å²) in [4.78, 5) is 0. The second-order valence-corrected chi connectivity index (χ2v) is 4.17. The predicted octanol–water partition coefficient (Wildman–Crippen LogP) is 4.40. The van der Waals surface area contributed by atoms with Crippen LogP contribution in [0.2, 0.25) is 0 Å². The van der Waals surface area contributed by atoms with E-state index in [1.54, 1.807) is 6.08 Å². The van der Waals surface area contributed by atoms with Gasteiger partial charge in [-0.15, -0.1) is 0 Å². The molecule has 2 rings (SSSR count). The SMILES string of the molecule is Cl/C=C/COc1ccc(OCc2ccccc2)cc1. The summed E-state index contributed by atoms with van der Waals surface area (Å²) in [6, 6.07) is 17.6. The number of benzene rings is 2. The van der Waals surface area contributed by atoms with E-state index in [-0.39, 0.29) is 0 Å². The molecule has 0 aromatic heterocycles. The molecule has 3 heteroatoms. The van der Waals surface area contributed by atoms with Crippen molar-refractivity contribution in [1.29, 1.82) is 0 Å². The highest BCUT2D eigenvalue weighted by Gasteiger charge is 1.97. The van der Waals surface area contributed by atoms with Crippen LogP contribution in [0.5, 0.6) is 11.5 Å². The monoisotopic (exact) mass is 274 g/mol. The lowest BCUT2D eigenvalue weighted by molar-refractivity contribution is 0.305. The molecule has 2 nitrogen and oxygen atoms in total. The minimum atomic E-state index is 0.466. The lowest BCUT2D eigenvalue weighted by Gasteiger charge is -2.07. The van der Waals surface area contributed by atoms with Crippen LogP contribution in [-0.4, -0.2) is 6.61 Å². The molecule has 0 aliphatic heterocycles. The average molecular weight is 275 g/mol. The molecule has 0 radical (unpaired) electrons. The smallest absolute Gasteiger partial charge is 0.120 e. The number of hydrogen-bond acceptors (Lipinski definition) is 2. The minimum Gasteiger partial charge on any atom is -0.489 e. The normalized spacial score (nSPS) is 10.6. The third-order valence-corrected chi connectivity index (χ3v) is 2.69. The van der Waals surface area contributed by atoms with Gasteiger partial charge in [0.1, 0.15) is 24.7 Å². The van der Waals surface area contributed by atoms with Gasteiger partial charge in [-0.25, -0.2) is 0 Å². The van der Waals surface area contributed by atoms with Gasteiger partial charge in [-0.1, -0.05) is 41.9 Å². The first-order valence-electron chi connectivity index (χ1n) is 6.03. The molecule has 0 N–H and O–H groups in total. The lowest BCUT2D eigenvalue weighted by Crippen LogP contribution is -1.96. The van der Waals surface area contributed by atoms with Crippen molar-refractivity contribution in [2.45, 2.75) is 6.61 Å². The molecule has 0 bridgehead atoms. The van der Waals surface area contributed by atoms with Crippen LogP contribution in [-0.2, 0) is 6.61 Å². The summed E-state index contributed by atoms with van der Waals surface area (Å²) in [7, 11) is 0. The Balaban J connectivity index is 1.85. The number of hydrogen-bond donors (Lipinski definition) is 0. The van der Waals surface area contributed by atoms with Crippen LogP contribution < -0.4 is 9.47 Å². The maximum absolute atomic E-state index is 5.68. The molecule has 0 saturated heterocycles. The second-order valence-electron chi connectivity index (χ2n) is 3.92. The van der Waals surface area contributed by atoms with Crippen LogP contribution in [0, 0.1) is 0 Å². The Morgan fingerprint density at radius 1 is 0.842 bits per heavy atom. The van der Waals surface area contributed by atoms with E-state index in [1.807, 2.05) is 54.6 Å². The van der Waals surface area contributed by atoms with Crippen molar-refractivity contribution in [3.05, 3.63) is 71.8 Å². The predicted molar refractivity (Wildman–Crippen MR) is 77.7 cm³/mol. The number of halogens is 1. The molecular formula is C16H15ClO2. The summed E-state index contributed by atoms with van der Waals surface area (Å²) in [5, 5.41) is 0. The molecule has 0 atom stereocenters. The quantitative estimate of drug-likeness (QED) is 0.777. The largest absolute Gasteiger partial charge is 0.489 e. The summed E-state index contributed by atoms with van der Waals surface area (Å²) >= 11 is 5.41. The topological polar surface area (TPSA) is 18.5 Å². The van der Waals surface area contributed by atoms with E-state index in [0.717, 1.165) is 17.1 Å². The third-order valence-electron chi connectivity index (χ3n) is 2.51. The van der Waals surface area contributed by atoms with Gasteiger partial charge in [-0.2, -0.15) is 0 Å². The van der Waals surface area contributed by atoms with Crippen molar-refractivity contribution < 1.29 is 9.47 Å². The molecule has 0 amide bonds. The summed E-state index contributed by atoms with van der Waals surface area (Å²) in [6.07, 6.45) is 1.74. The maximum atomic E-state index is 5.68. The Labute approximate surface area is 118 Å². The number of ether oxygens (including phenoxy) is 2. The minimum absolute atomic E-state index is 0.466. The summed E-state index contributed by atoms with van der Waals surface area (Å²) in [6.45, 7) is 1.03. The van der Waals surface area contributed by atoms with Gasteiger partial charge >= 0.3 is 0 Å². The second kappa shape index (κ2) is 7.49. The van der Waals surface area contributed by atoms with Crippen molar-refractivity contribution >= 4 is 11.6 Å². The Kier molecular flexibility index (Phi) is 5.32. The Hall–Kier alpha value is -1.93. The third kappa shape index (κ3) is 4.68. The van der Waals surface area contributed by atoms with E-state index in [4.69, 9.17) is 21.1 Å². The van der Waals surface area contributed by atoms with Crippen LogP contribution in [0.1, 0.15) is 5.56 Å². The zero-order chi connectivity index (χ0) is 13.3. The van der Waals surface area contributed by atoms with Crippen molar-refractivity contribution in [3.8, 4) is 11.5 Å². The van der Waals surface area contributed by atoms with Gasteiger partial charge in [0.15, 0.2) is 0 Å². The molecule has 0 heterocycles. The first kappa shape index (κ1) is 13.5. The standard InChI is InChI=1S/C16H15ClO2/c17-11-4-12-18-15-7-9-16(10-8-15)19-13-14-5-2-1-3-6-14/h1-11H,12-13H2/b11-4+. The summed E-state index contributed by atoms with van der Waals surface area (Å²) in [5.41, 5.74) is 2.59. The molecule has 0 fully saturated rings. The first-order valence-corrected chi connectivity index (χ1v) is 6.47. The van der Waals surface area contributed by atoms with Crippen molar-refractivity contribution in [1.82, 2.24) is 0 Å². The highest BCUT2D eigenvalue weighted by atomic mass is 35.5. The van der Waals surface area contributed by atoms with Gasteiger partial charge in [-0.05, 0) is 35.9 Å². The van der Waals surface area contributed by atoms with Gasteiger partial charge < -0.3 is 9.47 Å². The molecule has 19 heavy (non-hydrogen) atoms. The first-order chi connectivity index (χ1) is 9.38. The highest BCUT2D eigenvalue weighted by Crippen LogP contribution is 2.18. The van der Waals surface area contributed by atoms with E-state index in [0.29, 0.717) is 13.2 Å². The van der Waals surface area contributed by atoms with Gasteiger partial charge in [0.25, 0.3) is 0 Å². The van der Waals surface area contributed by atoms with Crippen LogP contribution in [0.4, 0.5) is 0 Å². The van der Waals surface area contributed by atoms with Crippen molar-refractivity contribution in [2.75, 3.05) is 6.61 Å². The van der Waals surface area contributed by atoms with Crippen molar-refractivity contribution in [3.63, 3.8) is 0 Å². The van der Waals surface area contributed by atoms with Gasteiger partial charge in [0, 0.05) is 5.54 Å². The summed E-state index contributed by atoms with van der Waals surface area (Å²) in [5.74, 6) is 1.62. The molecule has 0 aliphatic rings. The van der Waals surface area contributed by atoms with Gasteiger partial charge in [0.05, 0.1) is 0 Å². The maximum Gasteiger partial charge on any atom is 0.120 e. The highest BCUT2D eigenvalue weighted by molar-refractivity contribution is 6.25. The molecule has 2 aromatic rings. The fourth-order valence-corrected chi connectivity index (χ4v) is 1.63.